The van der Waals surface area contributed by atoms with Gasteiger partial charge in [0.15, 0.2) is 0 Å². The number of halogens is 1. The highest BCUT2D eigenvalue weighted by Gasteiger charge is 2.35. The molecule has 1 aromatic rings. The van der Waals surface area contributed by atoms with E-state index in [1.165, 1.54) is 25.9 Å². The predicted molar refractivity (Wildman–Crippen MR) is 97.9 cm³/mol. The van der Waals surface area contributed by atoms with E-state index in [9.17, 15) is 4.79 Å². The largest absolute Gasteiger partial charge is 0.382 e. The van der Waals surface area contributed by atoms with Crippen LogP contribution in [0.5, 0.6) is 0 Å². The zero-order valence-corrected chi connectivity index (χ0v) is 15.1. The van der Waals surface area contributed by atoms with Crippen LogP contribution in [0.1, 0.15) is 37.7 Å². The summed E-state index contributed by atoms with van der Waals surface area (Å²) in [4.78, 5) is 22.8. The lowest BCUT2D eigenvalue weighted by molar-refractivity contribution is -0.143. The third kappa shape index (κ3) is 3.53. The Kier molecular flexibility index (Phi) is 4.95. The number of nitrogens with zero attached hydrogens (tertiary/aromatic N) is 3. The Morgan fingerprint density at radius 1 is 1.12 bits per heavy atom. The highest BCUT2D eigenvalue weighted by atomic mass is 35.5. The first-order chi connectivity index (χ1) is 12.2. The van der Waals surface area contributed by atoms with Crippen LogP contribution in [0.4, 0.5) is 0 Å². The van der Waals surface area contributed by atoms with Gasteiger partial charge in [-0.1, -0.05) is 35.0 Å². The van der Waals surface area contributed by atoms with Crippen LogP contribution in [-0.2, 0) is 9.63 Å². The fourth-order valence-corrected chi connectivity index (χ4v) is 4.37. The van der Waals surface area contributed by atoms with Gasteiger partial charge in [-0.2, -0.15) is 0 Å². The van der Waals surface area contributed by atoms with Gasteiger partial charge in [-0.25, -0.2) is 0 Å². The lowest BCUT2D eigenvalue weighted by atomic mass is 10.0. The Bertz CT molecular complexity index is 664. The monoisotopic (exact) mass is 361 g/mol. The lowest BCUT2D eigenvalue weighted by Crippen LogP contribution is -2.48. The average molecular weight is 362 g/mol. The number of hydrogen-bond donors (Lipinski definition) is 0. The second-order valence-electron chi connectivity index (χ2n) is 7.12. The molecule has 134 valence electrons. The maximum Gasteiger partial charge on any atom is 0.266 e. The number of piperidine rings is 1. The smallest absolute Gasteiger partial charge is 0.266 e. The van der Waals surface area contributed by atoms with E-state index < -0.39 is 6.10 Å². The molecule has 0 radical (unpaired) electrons. The molecule has 3 aliphatic heterocycles. The van der Waals surface area contributed by atoms with Crippen molar-refractivity contribution in [1.82, 2.24) is 9.80 Å². The van der Waals surface area contributed by atoms with Crippen LogP contribution in [0.2, 0.25) is 5.02 Å². The first-order valence-electron chi connectivity index (χ1n) is 9.23. The van der Waals surface area contributed by atoms with Crippen molar-refractivity contribution in [1.29, 1.82) is 0 Å². The minimum absolute atomic E-state index is 0.0608. The Hall–Kier alpha value is -1.59. The molecule has 0 bridgehead atoms. The molecule has 3 aliphatic rings. The van der Waals surface area contributed by atoms with Gasteiger partial charge in [0.2, 0.25) is 6.10 Å². The predicted octanol–water partition coefficient (Wildman–Crippen LogP) is 2.92. The van der Waals surface area contributed by atoms with Crippen molar-refractivity contribution in [2.24, 2.45) is 5.16 Å². The number of oxime groups is 1. The second kappa shape index (κ2) is 7.34. The standard InChI is InChI=1S/C19H24ClN3O2/c20-16-6-2-1-5-15(16)17-13-18(25-21-17)19(24)23-11-7-14(8-12-23)22-9-3-4-10-22/h1-2,5-6,14,18H,3-4,7-13H2/t18-/m1/s1. The van der Waals surface area contributed by atoms with Gasteiger partial charge in [-0.3, -0.25) is 4.79 Å². The third-order valence-corrected chi connectivity index (χ3v) is 5.89. The van der Waals surface area contributed by atoms with E-state index in [-0.39, 0.29) is 5.91 Å². The molecule has 1 aromatic carbocycles. The summed E-state index contributed by atoms with van der Waals surface area (Å²) >= 11 is 6.22. The number of benzene rings is 1. The Balaban J connectivity index is 1.32. The topological polar surface area (TPSA) is 45.1 Å². The summed E-state index contributed by atoms with van der Waals surface area (Å²) in [5.74, 6) is 0.0608. The molecule has 4 rings (SSSR count). The molecular formula is C19H24ClN3O2. The van der Waals surface area contributed by atoms with Crippen LogP contribution in [0, 0.1) is 0 Å². The molecule has 0 N–H and O–H groups in total. The first-order valence-corrected chi connectivity index (χ1v) is 9.60. The molecule has 6 heteroatoms. The van der Waals surface area contributed by atoms with Gasteiger partial charge in [0.25, 0.3) is 5.91 Å². The maximum absolute atomic E-state index is 12.8. The van der Waals surface area contributed by atoms with Crippen LogP contribution in [0.3, 0.4) is 0 Å². The van der Waals surface area contributed by atoms with Crippen LogP contribution >= 0.6 is 11.6 Å². The highest BCUT2D eigenvalue weighted by Crippen LogP contribution is 2.26. The van der Waals surface area contributed by atoms with Crippen LogP contribution in [-0.4, -0.2) is 59.7 Å². The zero-order valence-electron chi connectivity index (χ0n) is 14.4. The summed E-state index contributed by atoms with van der Waals surface area (Å²) in [6.45, 7) is 4.08. The quantitative estimate of drug-likeness (QED) is 0.831. The van der Waals surface area contributed by atoms with E-state index in [0.717, 1.165) is 37.2 Å². The number of hydrogen-bond acceptors (Lipinski definition) is 4. The molecule has 0 aromatic heterocycles. The van der Waals surface area contributed by atoms with Crippen LogP contribution < -0.4 is 0 Å². The van der Waals surface area contributed by atoms with Crippen molar-refractivity contribution in [2.75, 3.05) is 26.2 Å². The fourth-order valence-electron chi connectivity index (χ4n) is 4.13. The van der Waals surface area contributed by atoms with Gasteiger partial charge in [-0.15, -0.1) is 0 Å². The van der Waals surface area contributed by atoms with Crippen molar-refractivity contribution in [2.45, 2.75) is 44.2 Å². The molecule has 2 fully saturated rings. The zero-order chi connectivity index (χ0) is 17.2. The molecule has 0 unspecified atom stereocenters. The van der Waals surface area contributed by atoms with E-state index in [4.69, 9.17) is 16.4 Å². The van der Waals surface area contributed by atoms with Gasteiger partial charge in [0, 0.05) is 36.1 Å². The minimum Gasteiger partial charge on any atom is -0.382 e. The van der Waals surface area contributed by atoms with Crippen molar-refractivity contribution in [3.05, 3.63) is 34.9 Å². The van der Waals surface area contributed by atoms with E-state index >= 15 is 0 Å². The Morgan fingerprint density at radius 3 is 2.56 bits per heavy atom. The Morgan fingerprint density at radius 2 is 1.84 bits per heavy atom. The summed E-state index contributed by atoms with van der Waals surface area (Å²) < 4.78 is 0. The van der Waals surface area contributed by atoms with E-state index in [0.29, 0.717) is 17.5 Å². The summed E-state index contributed by atoms with van der Waals surface area (Å²) in [5.41, 5.74) is 1.61. The lowest BCUT2D eigenvalue weighted by Gasteiger charge is -2.37. The first kappa shape index (κ1) is 16.9. The normalized spacial score (nSPS) is 25.1. The minimum atomic E-state index is -0.505. The van der Waals surface area contributed by atoms with Crippen LogP contribution in [0.15, 0.2) is 29.4 Å². The van der Waals surface area contributed by atoms with Gasteiger partial charge in [-0.05, 0) is 44.8 Å². The summed E-state index contributed by atoms with van der Waals surface area (Å²) in [6, 6.07) is 8.19. The van der Waals surface area contributed by atoms with E-state index in [1.54, 1.807) is 0 Å². The van der Waals surface area contributed by atoms with Crippen LogP contribution in [0.25, 0.3) is 0 Å². The molecule has 0 saturated carbocycles. The number of amides is 1. The molecule has 3 heterocycles. The number of likely N-dealkylation sites (tertiary alicyclic amines) is 2. The van der Waals surface area contributed by atoms with E-state index in [2.05, 4.69) is 10.1 Å². The molecule has 2 saturated heterocycles. The molecule has 0 spiro atoms. The number of carbonyl (C=O) groups excluding carboxylic acids is 1. The number of rotatable bonds is 3. The average Bonchev–Trinajstić information content (AvgIpc) is 3.34. The third-order valence-electron chi connectivity index (χ3n) is 5.56. The Labute approximate surface area is 153 Å². The fraction of sp³-hybridized carbons (Fsp3) is 0.579. The number of carbonyl (C=O) groups is 1. The summed E-state index contributed by atoms with van der Waals surface area (Å²) in [7, 11) is 0. The SMILES string of the molecule is O=C([C@H]1CC(c2ccccc2Cl)=NO1)N1CCC(N2CCCC2)CC1. The molecule has 0 aliphatic carbocycles. The molecular weight excluding hydrogens is 338 g/mol. The molecule has 1 atom stereocenters. The van der Waals surface area contributed by atoms with Crippen molar-refractivity contribution < 1.29 is 9.63 Å². The summed E-state index contributed by atoms with van der Waals surface area (Å²) in [6.07, 6.45) is 4.76. The van der Waals surface area contributed by atoms with Crippen molar-refractivity contribution in [3.8, 4) is 0 Å². The van der Waals surface area contributed by atoms with Crippen molar-refractivity contribution >= 4 is 23.2 Å². The van der Waals surface area contributed by atoms with Gasteiger partial charge < -0.3 is 14.6 Å². The summed E-state index contributed by atoms with van der Waals surface area (Å²) in [5, 5.41) is 4.76. The van der Waals surface area contributed by atoms with Gasteiger partial charge in [0.1, 0.15) is 0 Å². The van der Waals surface area contributed by atoms with Gasteiger partial charge >= 0.3 is 0 Å². The molecule has 1 amide bonds. The van der Waals surface area contributed by atoms with Crippen molar-refractivity contribution in [3.63, 3.8) is 0 Å². The van der Waals surface area contributed by atoms with E-state index in [1.807, 2.05) is 29.2 Å². The van der Waals surface area contributed by atoms with Gasteiger partial charge in [0.05, 0.1) is 5.71 Å². The molecule has 5 nitrogen and oxygen atoms in total. The highest BCUT2D eigenvalue weighted by molar-refractivity contribution is 6.34. The maximum atomic E-state index is 12.8. The molecule has 25 heavy (non-hydrogen) atoms. The second-order valence-corrected chi connectivity index (χ2v) is 7.52.